The maximum Gasteiger partial charge on any atom is 0.336 e. The number of fused-ring (bicyclic) bond motifs is 1. The standard InChI is InChI=1S/C20H17N5O2/c1-13-10-16-15(19(26)27)8-5-9-17(16)25(13)20-23-18(12-22-24-20)21-11-14-6-3-2-4-7-14/h2-10,12H,11H2,1H3,(H,26,27)(H,21,23,24). The second-order valence-corrected chi connectivity index (χ2v) is 6.15. The molecule has 0 spiro atoms. The van der Waals surface area contributed by atoms with E-state index in [-0.39, 0.29) is 5.56 Å². The van der Waals surface area contributed by atoms with E-state index in [1.165, 1.54) is 0 Å². The summed E-state index contributed by atoms with van der Waals surface area (Å²) in [6.45, 7) is 2.51. The number of aryl methyl sites for hydroxylation is 1. The lowest BCUT2D eigenvalue weighted by atomic mass is 10.1. The second kappa shape index (κ2) is 6.87. The summed E-state index contributed by atoms with van der Waals surface area (Å²) in [6, 6.07) is 17.0. The number of rotatable bonds is 5. The molecular formula is C20H17N5O2. The molecule has 7 heteroatoms. The topological polar surface area (TPSA) is 92.9 Å². The Morgan fingerprint density at radius 3 is 2.74 bits per heavy atom. The fourth-order valence-electron chi connectivity index (χ4n) is 3.08. The monoisotopic (exact) mass is 359 g/mol. The van der Waals surface area contributed by atoms with E-state index >= 15 is 0 Å². The van der Waals surface area contributed by atoms with Crippen LogP contribution in [0.4, 0.5) is 5.82 Å². The number of hydrogen-bond donors (Lipinski definition) is 2. The number of carbonyl (C=O) groups is 1. The molecule has 0 amide bonds. The maximum atomic E-state index is 11.5. The molecule has 2 aromatic carbocycles. The van der Waals surface area contributed by atoms with Gasteiger partial charge in [0.05, 0.1) is 17.3 Å². The van der Waals surface area contributed by atoms with Gasteiger partial charge in [0, 0.05) is 17.6 Å². The van der Waals surface area contributed by atoms with Crippen molar-refractivity contribution in [1.29, 1.82) is 0 Å². The van der Waals surface area contributed by atoms with Gasteiger partial charge < -0.3 is 10.4 Å². The summed E-state index contributed by atoms with van der Waals surface area (Å²) < 4.78 is 1.81. The Balaban J connectivity index is 1.71. The van der Waals surface area contributed by atoms with Gasteiger partial charge in [-0.25, -0.2) is 4.79 Å². The molecule has 2 aromatic heterocycles. The van der Waals surface area contributed by atoms with Gasteiger partial charge in [0.15, 0.2) is 5.82 Å². The van der Waals surface area contributed by atoms with Crippen LogP contribution in [-0.2, 0) is 6.54 Å². The molecule has 4 aromatic rings. The summed E-state index contributed by atoms with van der Waals surface area (Å²) in [5, 5.41) is 21.5. The lowest BCUT2D eigenvalue weighted by Crippen LogP contribution is -2.08. The highest BCUT2D eigenvalue weighted by molar-refractivity contribution is 6.03. The summed E-state index contributed by atoms with van der Waals surface area (Å²) in [5.41, 5.74) is 2.95. The van der Waals surface area contributed by atoms with Crippen LogP contribution >= 0.6 is 0 Å². The summed E-state index contributed by atoms with van der Waals surface area (Å²) in [5.74, 6) is 0.0256. The van der Waals surface area contributed by atoms with Crippen molar-refractivity contribution >= 4 is 22.7 Å². The normalized spacial score (nSPS) is 10.9. The zero-order valence-corrected chi connectivity index (χ0v) is 14.6. The molecule has 0 bridgehead atoms. The van der Waals surface area contributed by atoms with E-state index in [9.17, 15) is 9.90 Å². The Kier molecular flexibility index (Phi) is 4.25. The molecule has 4 rings (SSSR count). The van der Waals surface area contributed by atoms with Crippen LogP contribution in [0.3, 0.4) is 0 Å². The van der Waals surface area contributed by atoms with E-state index in [0.29, 0.717) is 23.7 Å². The SMILES string of the molecule is Cc1cc2c(C(=O)O)cccc2n1-c1nncc(NCc2ccccc2)n1. The van der Waals surface area contributed by atoms with E-state index in [1.807, 2.05) is 54.0 Å². The zero-order chi connectivity index (χ0) is 18.8. The largest absolute Gasteiger partial charge is 0.478 e. The molecule has 2 N–H and O–H groups in total. The van der Waals surface area contributed by atoms with Crippen molar-refractivity contribution in [3.8, 4) is 5.95 Å². The fourth-order valence-corrected chi connectivity index (χ4v) is 3.08. The first-order valence-corrected chi connectivity index (χ1v) is 8.46. The van der Waals surface area contributed by atoms with Gasteiger partial charge in [-0.15, -0.1) is 5.10 Å². The first-order valence-electron chi connectivity index (χ1n) is 8.46. The van der Waals surface area contributed by atoms with E-state index < -0.39 is 5.97 Å². The summed E-state index contributed by atoms with van der Waals surface area (Å²) in [7, 11) is 0. The first-order chi connectivity index (χ1) is 13.1. The number of aromatic nitrogens is 4. The van der Waals surface area contributed by atoms with Crippen molar-refractivity contribution in [1.82, 2.24) is 19.7 Å². The van der Waals surface area contributed by atoms with Gasteiger partial charge in [0.1, 0.15) is 0 Å². The second-order valence-electron chi connectivity index (χ2n) is 6.15. The molecule has 0 atom stereocenters. The highest BCUT2D eigenvalue weighted by atomic mass is 16.4. The van der Waals surface area contributed by atoms with Gasteiger partial charge in [0.25, 0.3) is 5.95 Å². The van der Waals surface area contributed by atoms with E-state index in [4.69, 9.17) is 0 Å². The third kappa shape index (κ3) is 3.22. The lowest BCUT2D eigenvalue weighted by Gasteiger charge is -2.09. The van der Waals surface area contributed by atoms with Gasteiger partial charge in [-0.1, -0.05) is 36.4 Å². The molecule has 0 saturated heterocycles. The minimum Gasteiger partial charge on any atom is -0.478 e. The third-order valence-electron chi connectivity index (χ3n) is 4.32. The number of carboxylic acids is 1. The molecular weight excluding hydrogens is 342 g/mol. The number of carboxylic acid groups (broad SMARTS) is 1. The van der Waals surface area contributed by atoms with Crippen LogP contribution in [0, 0.1) is 6.92 Å². The number of aromatic carboxylic acids is 1. The van der Waals surface area contributed by atoms with Crippen LogP contribution < -0.4 is 5.32 Å². The van der Waals surface area contributed by atoms with Crippen LogP contribution in [0.1, 0.15) is 21.6 Å². The predicted octanol–water partition coefficient (Wildman–Crippen LogP) is 3.43. The third-order valence-corrected chi connectivity index (χ3v) is 4.32. The Hall–Kier alpha value is -3.74. The van der Waals surface area contributed by atoms with Gasteiger partial charge >= 0.3 is 5.97 Å². The number of nitrogens with zero attached hydrogens (tertiary/aromatic N) is 4. The molecule has 0 fully saturated rings. The summed E-state index contributed by atoms with van der Waals surface area (Å²) in [4.78, 5) is 16.0. The molecule has 134 valence electrons. The van der Waals surface area contributed by atoms with Gasteiger partial charge in [-0.05, 0) is 30.7 Å². The molecule has 2 heterocycles. The quantitative estimate of drug-likeness (QED) is 0.567. The number of nitrogens with one attached hydrogen (secondary N) is 1. The van der Waals surface area contributed by atoms with Crippen molar-refractivity contribution < 1.29 is 9.90 Å². The summed E-state index contributed by atoms with van der Waals surface area (Å²) in [6.07, 6.45) is 1.57. The fraction of sp³-hybridized carbons (Fsp3) is 0.100. The number of hydrogen-bond acceptors (Lipinski definition) is 5. The smallest absolute Gasteiger partial charge is 0.336 e. The van der Waals surface area contributed by atoms with Gasteiger partial charge in [-0.3, -0.25) is 4.57 Å². The molecule has 0 saturated carbocycles. The van der Waals surface area contributed by atoms with Crippen molar-refractivity contribution in [2.75, 3.05) is 5.32 Å². The van der Waals surface area contributed by atoms with E-state index in [1.54, 1.807) is 18.3 Å². The minimum atomic E-state index is -0.963. The van der Waals surface area contributed by atoms with Crippen molar-refractivity contribution in [3.63, 3.8) is 0 Å². The highest BCUT2D eigenvalue weighted by Gasteiger charge is 2.16. The Morgan fingerprint density at radius 1 is 1.15 bits per heavy atom. The predicted molar refractivity (Wildman–Crippen MR) is 102 cm³/mol. The zero-order valence-electron chi connectivity index (χ0n) is 14.6. The van der Waals surface area contributed by atoms with Crippen molar-refractivity contribution in [2.24, 2.45) is 0 Å². The molecule has 0 radical (unpaired) electrons. The average molecular weight is 359 g/mol. The van der Waals surface area contributed by atoms with Crippen molar-refractivity contribution in [2.45, 2.75) is 13.5 Å². The number of anilines is 1. The molecule has 0 aliphatic carbocycles. The van der Waals surface area contributed by atoms with E-state index in [2.05, 4.69) is 20.5 Å². The molecule has 7 nitrogen and oxygen atoms in total. The lowest BCUT2D eigenvalue weighted by molar-refractivity contribution is 0.0699. The van der Waals surface area contributed by atoms with Crippen LogP contribution in [0.2, 0.25) is 0 Å². The van der Waals surface area contributed by atoms with Gasteiger partial charge in [-0.2, -0.15) is 10.1 Å². The van der Waals surface area contributed by atoms with Crippen LogP contribution in [-0.4, -0.2) is 30.8 Å². The van der Waals surface area contributed by atoms with Crippen LogP contribution in [0.15, 0.2) is 60.8 Å². The van der Waals surface area contributed by atoms with Crippen LogP contribution in [0.25, 0.3) is 16.9 Å². The summed E-state index contributed by atoms with van der Waals surface area (Å²) >= 11 is 0. The van der Waals surface area contributed by atoms with Crippen molar-refractivity contribution in [3.05, 3.63) is 77.6 Å². The first kappa shape index (κ1) is 16.7. The molecule has 0 unspecified atom stereocenters. The van der Waals surface area contributed by atoms with Gasteiger partial charge in [0.2, 0.25) is 0 Å². The highest BCUT2D eigenvalue weighted by Crippen LogP contribution is 2.25. The molecule has 27 heavy (non-hydrogen) atoms. The minimum absolute atomic E-state index is 0.251. The Bertz CT molecular complexity index is 1120. The molecule has 0 aliphatic rings. The number of benzene rings is 2. The maximum absolute atomic E-state index is 11.5. The average Bonchev–Trinajstić information content (AvgIpc) is 3.03. The van der Waals surface area contributed by atoms with E-state index in [0.717, 1.165) is 16.8 Å². The Morgan fingerprint density at radius 2 is 1.96 bits per heavy atom. The Labute approximate surface area is 155 Å². The molecule has 0 aliphatic heterocycles. The van der Waals surface area contributed by atoms with Crippen LogP contribution in [0.5, 0.6) is 0 Å².